The predicted octanol–water partition coefficient (Wildman–Crippen LogP) is 3.87. The third-order valence-corrected chi connectivity index (χ3v) is 4.90. The molecule has 2 aromatic heterocycles. The summed E-state index contributed by atoms with van der Waals surface area (Å²) in [7, 11) is 0. The lowest BCUT2D eigenvalue weighted by Gasteiger charge is -2.12. The molecular formula is C24H23N5O3. The van der Waals surface area contributed by atoms with Gasteiger partial charge in [-0.25, -0.2) is 4.79 Å². The number of nitrogens with one attached hydrogen (secondary N) is 1. The van der Waals surface area contributed by atoms with Crippen LogP contribution in [0.3, 0.4) is 0 Å². The Morgan fingerprint density at radius 3 is 2.59 bits per heavy atom. The van der Waals surface area contributed by atoms with E-state index in [2.05, 4.69) is 20.5 Å². The third kappa shape index (κ3) is 5.35. The molecule has 2 aromatic carbocycles. The molecule has 0 fully saturated rings. The Hall–Kier alpha value is -4.04. The number of ether oxygens (including phenoxy) is 1. The van der Waals surface area contributed by atoms with Crippen LogP contribution < -0.4 is 5.32 Å². The molecule has 0 saturated heterocycles. The van der Waals surface area contributed by atoms with Crippen LogP contribution in [0.4, 0.5) is 5.69 Å². The summed E-state index contributed by atoms with van der Waals surface area (Å²) < 4.78 is 7.88. The van der Waals surface area contributed by atoms with Crippen molar-refractivity contribution in [2.75, 3.05) is 11.9 Å². The monoisotopic (exact) mass is 429 g/mol. The lowest BCUT2D eigenvalue weighted by molar-refractivity contribution is 0.0697. The molecule has 2 heterocycles. The van der Waals surface area contributed by atoms with Gasteiger partial charge in [-0.15, -0.1) is 10.2 Å². The fourth-order valence-electron chi connectivity index (χ4n) is 3.28. The van der Waals surface area contributed by atoms with Gasteiger partial charge in [0.25, 0.3) is 0 Å². The van der Waals surface area contributed by atoms with E-state index in [-0.39, 0.29) is 5.56 Å². The number of pyridine rings is 1. The number of benzene rings is 2. The number of carboxylic acids is 1. The molecule has 2 N–H and O–H groups in total. The second kappa shape index (κ2) is 10.3. The lowest BCUT2D eigenvalue weighted by Crippen LogP contribution is -2.14. The van der Waals surface area contributed by atoms with E-state index >= 15 is 0 Å². The molecule has 0 saturated carbocycles. The summed E-state index contributed by atoms with van der Waals surface area (Å²) in [5, 5.41) is 21.2. The number of aromatic nitrogens is 4. The van der Waals surface area contributed by atoms with Crippen LogP contribution in [0.1, 0.15) is 21.7 Å². The Morgan fingerprint density at radius 1 is 1.00 bits per heavy atom. The van der Waals surface area contributed by atoms with E-state index in [1.165, 1.54) is 0 Å². The van der Waals surface area contributed by atoms with Crippen molar-refractivity contribution in [1.29, 1.82) is 0 Å². The normalized spacial score (nSPS) is 10.8. The van der Waals surface area contributed by atoms with E-state index in [1.54, 1.807) is 30.6 Å². The van der Waals surface area contributed by atoms with Gasteiger partial charge in [0.15, 0.2) is 11.6 Å². The standard InChI is InChI=1S/C24H23N5O3/c30-24(31)20-7-4-8-21(15-20)26-16-22-27-28-23(19-9-11-25-12-10-19)29(22)13-14-32-17-18-5-2-1-3-6-18/h1-12,15,26H,13-14,16-17H2,(H,30,31). The third-order valence-electron chi connectivity index (χ3n) is 4.90. The minimum atomic E-state index is -0.965. The first-order valence-corrected chi connectivity index (χ1v) is 10.2. The number of hydrogen-bond donors (Lipinski definition) is 2. The van der Waals surface area contributed by atoms with Crippen molar-refractivity contribution in [2.45, 2.75) is 19.7 Å². The van der Waals surface area contributed by atoms with Crippen LogP contribution in [0.25, 0.3) is 11.4 Å². The van der Waals surface area contributed by atoms with E-state index in [0.717, 1.165) is 22.8 Å². The first kappa shape index (κ1) is 21.2. The van der Waals surface area contributed by atoms with Crippen molar-refractivity contribution in [3.05, 3.63) is 96.1 Å². The minimum Gasteiger partial charge on any atom is -0.478 e. The van der Waals surface area contributed by atoms with Crippen LogP contribution in [0.2, 0.25) is 0 Å². The van der Waals surface area contributed by atoms with E-state index in [0.29, 0.717) is 32.0 Å². The van der Waals surface area contributed by atoms with Crippen molar-refractivity contribution in [2.24, 2.45) is 0 Å². The molecule has 32 heavy (non-hydrogen) atoms. The molecule has 162 valence electrons. The average Bonchev–Trinajstić information content (AvgIpc) is 3.24. The first-order valence-electron chi connectivity index (χ1n) is 10.2. The molecule has 0 aliphatic rings. The summed E-state index contributed by atoms with van der Waals surface area (Å²) in [5.41, 5.74) is 2.95. The number of carbonyl (C=O) groups is 1. The fraction of sp³-hybridized carbons (Fsp3) is 0.167. The number of rotatable bonds is 10. The zero-order valence-electron chi connectivity index (χ0n) is 17.4. The minimum absolute atomic E-state index is 0.225. The summed E-state index contributed by atoms with van der Waals surface area (Å²) in [6, 6.07) is 20.5. The molecule has 4 aromatic rings. The van der Waals surface area contributed by atoms with Gasteiger partial charge in [-0.05, 0) is 35.9 Å². The maximum Gasteiger partial charge on any atom is 0.335 e. The summed E-state index contributed by atoms with van der Waals surface area (Å²) in [6.07, 6.45) is 3.44. The summed E-state index contributed by atoms with van der Waals surface area (Å²) >= 11 is 0. The summed E-state index contributed by atoms with van der Waals surface area (Å²) in [5.74, 6) is 0.486. The Labute approximate surface area is 185 Å². The van der Waals surface area contributed by atoms with Gasteiger partial charge in [0.1, 0.15) is 0 Å². The molecule has 0 aliphatic heterocycles. The molecule has 8 heteroatoms. The van der Waals surface area contributed by atoms with Crippen molar-refractivity contribution < 1.29 is 14.6 Å². The highest BCUT2D eigenvalue weighted by atomic mass is 16.5. The largest absolute Gasteiger partial charge is 0.478 e. The van der Waals surface area contributed by atoms with Gasteiger partial charge in [-0.2, -0.15) is 0 Å². The second-order valence-corrected chi connectivity index (χ2v) is 7.11. The second-order valence-electron chi connectivity index (χ2n) is 7.11. The van der Waals surface area contributed by atoms with Gasteiger partial charge in [0.2, 0.25) is 0 Å². The average molecular weight is 429 g/mol. The fourth-order valence-corrected chi connectivity index (χ4v) is 3.28. The number of anilines is 1. The van der Waals surface area contributed by atoms with Crippen LogP contribution in [0, 0.1) is 0 Å². The first-order chi connectivity index (χ1) is 15.7. The number of nitrogens with zero attached hydrogens (tertiary/aromatic N) is 4. The quantitative estimate of drug-likeness (QED) is 0.369. The Bertz CT molecular complexity index is 1160. The molecule has 0 bridgehead atoms. The molecule has 0 unspecified atom stereocenters. The lowest BCUT2D eigenvalue weighted by atomic mass is 10.2. The Kier molecular flexibility index (Phi) is 6.84. The Balaban J connectivity index is 1.48. The van der Waals surface area contributed by atoms with E-state index < -0.39 is 5.97 Å². The van der Waals surface area contributed by atoms with Gasteiger partial charge in [-0.1, -0.05) is 36.4 Å². The molecule has 8 nitrogen and oxygen atoms in total. The van der Waals surface area contributed by atoms with Crippen LogP contribution in [-0.2, 0) is 24.4 Å². The molecular weight excluding hydrogens is 406 g/mol. The zero-order chi connectivity index (χ0) is 22.2. The van der Waals surface area contributed by atoms with E-state index in [9.17, 15) is 9.90 Å². The van der Waals surface area contributed by atoms with Crippen LogP contribution in [-0.4, -0.2) is 37.4 Å². The maximum atomic E-state index is 11.2. The topological polar surface area (TPSA) is 102 Å². The number of carboxylic acid groups (broad SMARTS) is 1. The van der Waals surface area contributed by atoms with Gasteiger partial charge in [0.05, 0.1) is 25.3 Å². The van der Waals surface area contributed by atoms with Gasteiger partial charge >= 0.3 is 5.97 Å². The van der Waals surface area contributed by atoms with Gasteiger partial charge < -0.3 is 19.7 Å². The number of aromatic carboxylic acids is 1. The smallest absolute Gasteiger partial charge is 0.335 e. The highest BCUT2D eigenvalue weighted by molar-refractivity contribution is 5.88. The SMILES string of the molecule is O=C(O)c1cccc(NCc2nnc(-c3ccncc3)n2CCOCc2ccccc2)c1. The highest BCUT2D eigenvalue weighted by Crippen LogP contribution is 2.19. The zero-order valence-corrected chi connectivity index (χ0v) is 17.4. The van der Waals surface area contributed by atoms with Crippen molar-refractivity contribution in [3.63, 3.8) is 0 Å². The predicted molar refractivity (Wildman–Crippen MR) is 120 cm³/mol. The molecule has 0 atom stereocenters. The van der Waals surface area contributed by atoms with E-state index in [4.69, 9.17) is 4.74 Å². The van der Waals surface area contributed by atoms with Gasteiger partial charge in [-0.3, -0.25) is 4.98 Å². The molecule has 0 spiro atoms. The maximum absolute atomic E-state index is 11.2. The van der Waals surface area contributed by atoms with Crippen LogP contribution in [0.5, 0.6) is 0 Å². The molecule has 0 amide bonds. The summed E-state index contributed by atoms with van der Waals surface area (Å²) in [4.78, 5) is 15.3. The molecule has 4 rings (SSSR count). The van der Waals surface area contributed by atoms with Crippen molar-refractivity contribution >= 4 is 11.7 Å². The van der Waals surface area contributed by atoms with Crippen molar-refractivity contribution in [3.8, 4) is 11.4 Å². The summed E-state index contributed by atoms with van der Waals surface area (Å²) in [6.45, 7) is 1.99. The molecule has 0 radical (unpaired) electrons. The van der Waals surface area contributed by atoms with Crippen molar-refractivity contribution in [1.82, 2.24) is 19.7 Å². The van der Waals surface area contributed by atoms with Crippen LogP contribution >= 0.6 is 0 Å². The van der Waals surface area contributed by atoms with Crippen LogP contribution in [0.15, 0.2) is 79.1 Å². The number of hydrogen-bond acceptors (Lipinski definition) is 6. The highest BCUT2D eigenvalue weighted by Gasteiger charge is 2.14. The Morgan fingerprint density at radius 2 is 1.81 bits per heavy atom. The molecule has 0 aliphatic carbocycles. The van der Waals surface area contributed by atoms with E-state index in [1.807, 2.05) is 53.1 Å². The van der Waals surface area contributed by atoms with Gasteiger partial charge in [0, 0.05) is 30.2 Å².